The lowest BCUT2D eigenvalue weighted by molar-refractivity contribution is -0.0736. The molecule has 0 saturated heterocycles. The summed E-state index contributed by atoms with van der Waals surface area (Å²) in [4.78, 5) is -0.576. The quantitative estimate of drug-likeness (QED) is 0.799. The van der Waals surface area contributed by atoms with Gasteiger partial charge in [0.25, 0.3) is 0 Å². The molecule has 2 aliphatic heterocycles. The fourth-order valence-corrected chi connectivity index (χ4v) is 4.74. The number of benzene rings is 1. The Kier molecular flexibility index (Phi) is 2.03. The van der Waals surface area contributed by atoms with Crippen molar-refractivity contribution < 1.29 is 17.9 Å². The van der Waals surface area contributed by atoms with Gasteiger partial charge >= 0.3 is 0 Å². The van der Waals surface area contributed by atoms with Gasteiger partial charge in [-0.15, -0.1) is 11.8 Å². The number of nitrogens with two attached hydrogens (primary N) is 1. The highest BCUT2D eigenvalue weighted by molar-refractivity contribution is 8.01. The van der Waals surface area contributed by atoms with Gasteiger partial charge in [-0.2, -0.15) is 0 Å². The minimum absolute atomic E-state index is 0.0898. The molecule has 5 nitrogen and oxygen atoms in total. The van der Waals surface area contributed by atoms with Crippen molar-refractivity contribution in [3.05, 3.63) is 23.8 Å². The van der Waals surface area contributed by atoms with E-state index < -0.39 is 15.0 Å². The fraction of sp³-hybridized carbons (Fsp3) is 0.333. The molecular weight excluding hydrogens is 250 g/mol. The Bertz CT molecular complexity index is 557. The fourth-order valence-electron chi connectivity index (χ4n) is 1.98. The number of rotatable bonds is 1. The highest BCUT2D eigenvalue weighted by Gasteiger charge is 2.54. The summed E-state index contributed by atoms with van der Waals surface area (Å²) in [5, 5.41) is 5.28. The topological polar surface area (TPSA) is 78.6 Å². The van der Waals surface area contributed by atoms with Gasteiger partial charge in [0.1, 0.15) is 5.75 Å². The van der Waals surface area contributed by atoms with Crippen molar-refractivity contribution >= 4 is 21.8 Å². The molecule has 0 saturated carbocycles. The van der Waals surface area contributed by atoms with E-state index in [0.29, 0.717) is 11.3 Å². The van der Waals surface area contributed by atoms with Crippen LogP contribution >= 0.6 is 11.8 Å². The predicted molar refractivity (Wildman–Crippen MR) is 58.5 cm³/mol. The molecule has 2 heterocycles. The predicted octanol–water partition coefficient (Wildman–Crippen LogP) is 0.600. The third kappa shape index (κ3) is 1.17. The largest absolute Gasteiger partial charge is 0.467 e. The van der Waals surface area contributed by atoms with E-state index >= 15 is 0 Å². The molecule has 2 aliphatic rings. The highest BCUT2D eigenvalue weighted by Crippen LogP contribution is 2.52. The summed E-state index contributed by atoms with van der Waals surface area (Å²) in [6.07, 6.45) is 0. The van der Waals surface area contributed by atoms with Crippen LogP contribution in [-0.2, 0) is 19.7 Å². The molecule has 1 aromatic rings. The van der Waals surface area contributed by atoms with Crippen LogP contribution in [0.2, 0.25) is 0 Å². The molecular formula is C9H9NO4S2. The van der Waals surface area contributed by atoms with Crippen molar-refractivity contribution in [1.29, 1.82) is 0 Å². The Labute approximate surface area is 97.0 Å². The second kappa shape index (κ2) is 3.13. The van der Waals surface area contributed by atoms with Crippen LogP contribution in [0.5, 0.6) is 5.75 Å². The second-order valence-electron chi connectivity index (χ2n) is 3.62. The van der Waals surface area contributed by atoms with Crippen LogP contribution in [-0.4, -0.2) is 21.0 Å². The van der Waals surface area contributed by atoms with E-state index in [-0.39, 0.29) is 12.5 Å². The molecule has 1 atom stereocenters. The molecule has 0 aliphatic carbocycles. The summed E-state index contributed by atoms with van der Waals surface area (Å²) in [5.74, 6) is 0.824. The minimum Gasteiger partial charge on any atom is -0.467 e. The number of hydrogen-bond donors (Lipinski definition) is 1. The summed E-state index contributed by atoms with van der Waals surface area (Å²) in [5.41, 5.74) is 0.550. The van der Waals surface area contributed by atoms with Gasteiger partial charge in [0.2, 0.25) is 15.0 Å². The Morgan fingerprint density at radius 3 is 3.00 bits per heavy atom. The van der Waals surface area contributed by atoms with Gasteiger partial charge in [0, 0.05) is 10.6 Å². The minimum atomic E-state index is -3.82. The van der Waals surface area contributed by atoms with E-state index in [1.807, 2.05) is 12.1 Å². The van der Waals surface area contributed by atoms with E-state index in [4.69, 9.17) is 14.6 Å². The summed E-state index contributed by atoms with van der Waals surface area (Å²) < 4.78 is 34.0. The van der Waals surface area contributed by atoms with E-state index in [2.05, 4.69) is 0 Å². The first-order valence-corrected chi connectivity index (χ1v) is 7.13. The maximum absolute atomic E-state index is 11.7. The van der Waals surface area contributed by atoms with Crippen molar-refractivity contribution in [1.82, 2.24) is 0 Å². The van der Waals surface area contributed by atoms with Gasteiger partial charge in [-0.25, -0.2) is 13.6 Å². The van der Waals surface area contributed by atoms with Gasteiger partial charge < -0.3 is 9.47 Å². The molecule has 0 radical (unpaired) electrons. The van der Waals surface area contributed by atoms with Crippen LogP contribution in [0, 0.1) is 0 Å². The summed E-state index contributed by atoms with van der Waals surface area (Å²) >= 11 is 1.42. The molecule has 16 heavy (non-hydrogen) atoms. The zero-order valence-electron chi connectivity index (χ0n) is 8.17. The maximum atomic E-state index is 11.7. The van der Waals surface area contributed by atoms with Crippen LogP contribution in [0.15, 0.2) is 23.1 Å². The van der Waals surface area contributed by atoms with Crippen LogP contribution < -0.4 is 9.88 Å². The van der Waals surface area contributed by atoms with Gasteiger partial charge in [-0.3, -0.25) is 0 Å². The zero-order chi connectivity index (χ0) is 11.4. The van der Waals surface area contributed by atoms with Crippen LogP contribution in [0.1, 0.15) is 5.56 Å². The highest BCUT2D eigenvalue weighted by atomic mass is 32.2. The first kappa shape index (κ1) is 10.4. The van der Waals surface area contributed by atoms with E-state index in [1.54, 1.807) is 6.07 Å². The maximum Gasteiger partial charge on any atom is 0.244 e. The number of sulfonamides is 1. The van der Waals surface area contributed by atoms with Crippen molar-refractivity contribution in [2.45, 2.75) is 9.83 Å². The van der Waals surface area contributed by atoms with Crippen LogP contribution in [0.25, 0.3) is 0 Å². The molecule has 2 N–H and O–H groups in total. The first-order chi connectivity index (χ1) is 7.55. The summed E-state index contributed by atoms with van der Waals surface area (Å²) in [6, 6.07) is 5.40. The average Bonchev–Trinajstić information content (AvgIpc) is 2.61. The van der Waals surface area contributed by atoms with Crippen molar-refractivity contribution in [3.63, 3.8) is 0 Å². The van der Waals surface area contributed by atoms with E-state index in [1.165, 1.54) is 11.8 Å². The number of ether oxygens (including phenoxy) is 2. The van der Waals surface area contributed by atoms with Crippen LogP contribution in [0.3, 0.4) is 0 Å². The Balaban J connectivity index is 2.34. The molecule has 0 aromatic heterocycles. The molecule has 0 amide bonds. The lowest BCUT2D eigenvalue weighted by Gasteiger charge is -2.32. The monoisotopic (exact) mass is 259 g/mol. The lowest BCUT2D eigenvalue weighted by atomic mass is 10.1. The molecule has 1 unspecified atom stereocenters. The average molecular weight is 259 g/mol. The SMILES string of the molecule is NS(=O)(=O)C12CSc3cccc(c31)OCO2. The second-order valence-corrected chi connectivity index (χ2v) is 6.39. The van der Waals surface area contributed by atoms with Gasteiger partial charge in [0.15, 0.2) is 6.79 Å². The van der Waals surface area contributed by atoms with Gasteiger partial charge in [0.05, 0.1) is 5.56 Å². The molecule has 0 bridgehead atoms. The molecule has 0 spiro atoms. The molecule has 1 aromatic carbocycles. The number of hydrogen-bond acceptors (Lipinski definition) is 5. The number of thioether (sulfide) groups is 1. The zero-order valence-corrected chi connectivity index (χ0v) is 9.81. The third-order valence-corrected chi connectivity index (χ3v) is 5.52. The van der Waals surface area contributed by atoms with E-state index in [9.17, 15) is 8.42 Å². The van der Waals surface area contributed by atoms with Gasteiger partial charge in [-0.1, -0.05) is 6.07 Å². The van der Waals surface area contributed by atoms with Crippen molar-refractivity contribution in [2.24, 2.45) is 5.14 Å². The molecule has 7 heteroatoms. The Hall–Kier alpha value is -0.760. The molecule has 0 fully saturated rings. The number of primary sulfonamides is 1. The standard InChI is InChI=1S/C9H9NO4S2/c10-16(11,12)9-4-15-7-3-1-2-6(8(7)9)13-5-14-9/h1-3H,4-5H2,(H2,10,11,12). The van der Waals surface area contributed by atoms with Gasteiger partial charge in [-0.05, 0) is 12.1 Å². The van der Waals surface area contributed by atoms with Crippen molar-refractivity contribution in [2.75, 3.05) is 12.5 Å². The Morgan fingerprint density at radius 2 is 2.25 bits per heavy atom. The molecule has 3 rings (SSSR count). The first-order valence-electron chi connectivity index (χ1n) is 4.60. The van der Waals surface area contributed by atoms with Crippen LogP contribution in [0.4, 0.5) is 0 Å². The summed E-state index contributed by atoms with van der Waals surface area (Å²) in [6.45, 7) is -0.0898. The molecule has 86 valence electrons. The smallest absolute Gasteiger partial charge is 0.244 e. The van der Waals surface area contributed by atoms with E-state index in [0.717, 1.165) is 4.90 Å². The normalized spacial score (nSPS) is 27.3. The third-order valence-electron chi connectivity index (χ3n) is 2.75. The Morgan fingerprint density at radius 1 is 1.44 bits per heavy atom. The summed E-state index contributed by atoms with van der Waals surface area (Å²) in [7, 11) is -3.82. The lowest BCUT2D eigenvalue weighted by Crippen LogP contribution is -2.46. The van der Waals surface area contributed by atoms with Crippen molar-refractivity contribution in [3.8, 4) is 5.75 Å².